The SMILES string of the molecule is O=c1c2ccccc2nc(SCCCc2nc(-c3ccncc3)no2)n1-c1cccc(Cl)c1. The van der Waals surface area contributed by atoms with E-state index < -0.39 is 0 Å². The summed E-state index contributed by atoms with van der Waals surface area (Å²) in [6.07, 6.45) is 4.79. The Kier molecular flexibility index (Phi) is 6.19. The lowest BCUT2D eigenvalue weighted by Gasteiger charge is -2.13. The third kappa shape index (κ3) is 4.67. The number of benzene rings is 2. The van der Waals surface area contributed by atoms with Crippen molar-refractivity contribution in [2.24, 2.45) is 0 Å². The predicted molar refractivity (Wildman–Crippen MR) is 129 cm³/mol. The number of hydrogen-bond donors (Lipinski definition) is 0. The molecule has 0 saturated carbocycles. The fourth-order valence-electron chi connectivity index (χ4n) is 3.41. The lowest BCUT2D eigenvalue weighted by atomic mass is 10.2. The van der Waals surface area contributed by atoms with Crippen LogP contribution >= 0.6 is 23.4 Å². The topological polar surface area (TPSA) is 86.7 Å². The van der Waals surface area contributed by atoms with Crippen molar-refractivity contribution in [2.75, 3.05) is 5.75 Å². The van der Waals surface area contributed by atoms with Crippen molar-refractivity contribution >= 4 is 34.3 Å². The average Bonchev–Trinajstić information content (AvgIpc) is 3.32. The summed E-state index contributed by atoms with van der Waals surface area (Å²) in [7, 11) is 0. The maximum atomic E-state index is 13.3. The molecule has 0 saturated heterocycles. The molecule has 0 fully saturated rings. The summed E-state index contributed by atoms with van der Waals surface area (Å²) in [5, 5.41) is 5.78. The zero-order valence-electron chi connectivity index (χ0n) is 17.4. The largest absolute Gasteiger partial charge is 0.339 e. The average molecular weight is 476 g/mol. The molecule has 0 unspecified atom stereocenters. The lowest BCUT2D eigenvalue weighted by molar-refractivity contribution is 0.378. The van der Waals surface area contributed by atoms with Crippen LogP contribution in [0.3, 0.4) is 0 Å². The number of para-hydroxylation sites is 1. The second-order valence-corrected chi connectivity index (χ2v) is 8.73. The van der Waals surface area contributed by atoms with Crippen molar-refractivity contribution in [3.8, 4) is 17.1 Å². The van der Waals surface area contributed by atoms with Crippen LogP contribution in [-0.2, 0) is 6.42 Å². The minimum Gasteiger partial charge on any atom is -0.339 e. The molecule has 0 N–H and O–H groups in total. The summed E-state index contributed by atoms with van der Waals surface area (Å²) in [5.74, 6) is 1.84. The van der Waals surface area contributed by atoms with E-state index in [1.165, 1.54) is 11.8 Å². The molecule has 0 aliphatic rings. The third-order valence-corrected chi connectivity index (χ3v) is 6.24. The number of aryl methyl sites for hydroxylation is 1. The maximum Gasteiger partial charge on any atom is 0.266 e. The Morgan fingerprint density at radius 2 is 1.85 bits per heavy atom. The molecule has 7 nitrogen and oxygen atoms in total. The first-order valence-corrected chi connectivity index (χ1v) is 11.7. The first-order valence-electron chi connectivity index (χ1n) is 10.3. The van der Waals surface area contributed by atoms with E-state index in [0.29, 0.717) is 44.9 Å². The minimum absolute atomic E-state index is 0.121. The van der Waals surface area contributed by atoms with Crippen LogP contribution in [0.15, 0.2) is 87.5 Å². The summed E-state index contributed by atoms with van der Waals surface area (Å²) in [6, 6.07) is 18.3. The Labute approximate surface area is 198 Å². The molecule has 0 amide bonds. The molecule has 0 spiro atoms. The molecule has 2 aromatic carbocycles. The number of fused-ring (bicyclic) bond motifs is 1. The zero-order chi connectivity index (χ0) is 22.6. The lowest BCUT2D eigenvalue weighted by Crippen LogP contribution is -2.21. The molecule has 0 aliphatic heterocycles. The molecule has 9 heteroatoms. The highest BCUT2D eigenvalue weighted by molar-refractivity contribution is 7.99. The first kappa shape index (κ1) is 21.4. The van der Waals surface area contributed by atoms with Crippen LogP contribution in [0.4, 0.5) is 0 Å². The Morgan fingerprint density at radius 3 is 2.70 bits per heavy atom. The summed E-state index contributed by atoms with van der Waals surface area (Å²) >= 11 is 7.70. The number of hydrogen-bond acceptors (Lipinski definition) is 7. The molecule has 0 atom stereocenters. The number of rotatable bonds is 7. The number of halogens is 1. The zero-order valence-corrected chi connectivity index (χ0v) is 19.0. The van der Waals surface area contributed by atoms with Crippen molar-refractivity contribution in [1.82, 2.24) is 24.7 Å². The van der Waals surface area contributed by atoms with E-state index in [1.54, 1.807) is 35.2 Å². The van der Waals surface area contributed by atoms with E-state index >= 15 is 0 Å². The number of pyridine rings is 1. The highest BCUT2D eigenvalue weighted by Gasteiger charge is 2.14. The van der Waals surface area contributed by atoms with E-state index in [4.69, 9.17) is 21.1 Å². The van der Waals surface area contributed by atoms with Crippen LogP contribution in [0.5, 0.6) is 0 Å². The van der Waals surface area contributed by atoms with Gasteiger partial charge in [0.05, 0.1) is 16.6 Å². The molecule has 33 heavy (non-hydrogen) atoms. The summed E-state index contributed by atoms with van der Waals surface area (Å²) < 4.78 is 7.00. The van der Waals surface area contributed by atoms with Crippen molar-refractivity contribution in [1.29, 1.82) is 0 Å². The number of aromatic nitrogens is 5. The molecule has 3 heterocycles. The van der Waals surface area contributed by atoms with Gasteiger partial charge in [-0.05, 0) is 48.9 Å². The van der Waals surface area contributed by atoms with Crippen LogP contribution in [-0.4, -0.2) is 30.4 Å². The Morgan fingerprint density at radius 1 is 1.00 bits per heavy atom. The maximum absolute atomic E-state index is 13.3. The molecular weight excluding hydrogens is 458 g/mol. The highest BCUT2D eigenvalue weighted by atomic mass is 35.5. The first-order chi connectivity index (χ1) is 16.2. The Hall–Kier alpha value is -3.49. The van der Waals surface area contributed by atoms with E-state index in [9.17, 15) is 4.79 Å². The van der Waals surface area contributed by atoms with Gasteiger partial charge in [0.25, 0.3) is 5.56 Å². The summed E-state index contributed by atoms with van der Waals surface area (Å²) in [6.45, 7) is 0. The van der Waals surface area contributed by atoms with Crippen molar-refractivity contribution in [3.05, 3.63) is 94.3 Å². The van der Waals surface area contributed by atoms with E-state index in [0.717, 1.165) is 17.7 Å². The molecular formula is C24H18ClN5O2S. The standard InChI is InChI=1S/C24H18ClN5O2S/c25-17-5-3-6-18(15-17)30-23(31)19-7-1-2-8-20(19)27-24(30)33-14-4-9-21-28-22(29-32-21)16-10-12-26-13-11-16/h1-3,5-8,10-13,15H,4,9,14H2. The molecule has 0 radical (unpaired) electrons. The van der Waals surface area contributed by atoms with Crippen molar-refractivity contribution < 1.29 is 4.52 Å². The second-order valence-electron chi connectivity index (χ2n) is 7.23. The highest BCUT2D eigenvalue weighted by Crippen LogP contribution is 2.24. The molecule has 5 aromatic rings. The van der Waals surface area contributed by atoms with Gasteiger partial charge in [-0.25, -0.2) is 4.98 Å². The van der Waals surface area contributed by atoms with Crippen LogP contribution < -0.4 is 5.56 Å². The van der Waals surface area contributed by atoms with Gasteiger partial charge in [-0.15, -0.1) is 0 Å². The van der Waals surface area contributed by atoms with E-state index in [-0.39, 0.29) is 5.56 Å². The Bertz CT molecular complexity index is 1470. The quantitative estimate of drug-likeness (QED) is 0.181. The van der Waals surface area contributed by atoms with Gasteiger partial charge < -0.3 is 4.52 Å². The van der Waals surface area contributed by atoms with Gasteiger partial charge in [0.1, 0.15) is 0 Å². The van der Waals surface area contributed by atoms with Gasteiger partial charge in [0.2, 0.25) is 11.7 Å². The molecule has 5 rings (SSSR count). The number of thioether (sulfide) groups is 1. The van der Waals surface area contributed by atoms with E-state index in [2.05, 4.69) is 15.1 Å². The fourth-order valence-corrected chi connectivity index (χ4v) is 4.55. The van der Waals surface area contributed by atoms with Gasteiger partial charge in [-0.2, -0.15) is 4.98 Å². The van der Waals surface area contributed by atoms with Gasteiger partial charge in [0, 0.05) is 35.2 Å². The van der Waals surface area contributed by atoms with Gasteiger partial charge in [-0.3, -0.25) is 14.3 Å². The number of nitrogens with zero attached hydrogens (tertiary/aromatic N) is 5. The fraction of sp³-hybridized carbons (Fsp3) is 0.125. The minimum atomic E-state index is -0.121. The molecule has 3 aromatic heterocycles. The third-order valence-electron chi connectivity index (χ3n) is 4.98. The smallest absolute Gasteiger partial charge is 0.266 e. The normalized spacial score (nSPS) is 11.2. The van der Waals surface area contributed by atoms with Gasteiger partial charge >= 0.3 is 0 Å². The summed E-state index contributed by atoms with van der Waals surface area (Å²) in [5.41, 5.74) is 2.10. The predicted octanol–water partition coefficient (Wildman–Crippen LogP) is 5.21. The van der Waals surface area contributed by atoms with Crippen molar-refractivity contribution in [2.45, 2.75) is 18.0 Å². The molecule has 164 valence electrons. The van der Waals surface area contributed by atoms with Crippen molar-refractivity contribution in [3.63, 3.8) is 0 Å². The van der Waals surface area contributed by atoms with Crippen LogP contribution in [0, 0.1) is 0 Å². The Balaban J connectivity index is 1.35. The second kappa shape index (κ2) is 9.56. The monoisotopic (exact) mass is 475 g/mol. The molecule has 0 aliphatic carbocycles. The summed E-state index contributed by atoms with van der Waals surface area (Å²) in [4.78, 5) is 26.5. The molecule has 0 bridgehead atoms. The van der Waals surface area contributed by atoms with Gasteiger partial charge in [-0.1, -0.05) is 46.7 Å². The van der Waals surface area contributed by atoms with Crippen LogP contribution in [0.2, 0.25) is 5.02 Å². The van der Waals surface area contributed by atoms with Gasteiger partial charge in [0.15, 0.2) is 5.16 Å². The van der Waals surface area contributed by atoms with E-state index in [1.807, 2.05) is 42.5 Å². The van der Waals surface area contributed by atoms with Crippen LogP contribution in [0.25, 0.3) is 28.0 Å². The van der Waals surface area contributed by atoms with Crippen LogP contribution in [0.1, 0.15) is 12.3 Å².